The van der Waals surface area contributed by atoms with Crippen LogP contribution in [0.2, 0.25) is 0 Å². The van der Waals surface area contributed by atoms with Crippen molar-refractivity contribution in [3.05, 3.63) is 35.4 Å². The zero-order valence-corrected chi connectivity index (χ0v) is 13.3. The van der Waals surface area contributed by atoms with Gasteiger partial charge in [-0.25, -0.2) is 0 Å². The Balaban J connectivity index is 1.63. The quantitative estimate of drug-likeness (QED) is 0.781. The number of halogens is 1. The second-order valence-electron chi connectivity index (χ2n) is 6.48. The number of alkyl halides is 1. The molecule has 1 aromatic carbocycles. The minimum atomic E-state index is 0.189. The molecule has 0 radical (unpaired) electrons. The SMILES string of the molecule is O=C(C1CCc2ccccc2C1)N1CCCC(CCCl)C1. The molecule has 2 nitrogen and oxygen atoms in total. The van der Waals surface area contributed by atoms with Crippen molar-refractivity contribution in [2.75, 3.05) is 19.0 Å². The van der Waals surface area contributed by atoms with Crippen molar-refractivity contribution < 1.29 is 4.79 Å². The molecule has 1 aliphatic heterocycles. The molecule has 0 spiro atoms. The molecular formula is C18H24ClNO. The monoisotopic (exact) mass is 305 g/mol. The molecule has 1 amide bonds. The van der Waals surface area contributed by atoms with E-state index in [4.69, 9.17) is 11.6 Å². The Morgan fingerprint density at radius 1 is 1.24 bits per heavy atom. The van der Waals surface area contributed by atoms with Crippen LogP contribution in [0.25, 0.3) is 0 Å². The molecule has 0 aromatic heterocycles. The van der Waals surface area contributed by atoms with Gasteiger partial charge in [0.15, 0.2) is 0 Å². The van der Waals surface area contributed by atoms with Crippen molar-refractivity contribution >= 4 is 17.5 Å². The highest BCUT2D eigenvalue weighted by Gasteiger charge is 2.30. The molecule has 0 saturated carbocycles. The molecule has 1 aromatic rings. The van der Waals surface area contributed by atoms with Crippen molar-refractivity contribution in [1.82, 2.24) is 4.90 Å². The summed E-state index contributed by atoms with van der Waals surface area (Å²) >= 11 is 5.86. The lowest BCUT2D eigenvalue weighted by atomic mass is 9.82. The van der Waals surface area contributed by atoms with Crippen LogP contribution in [0.3, 0.4) is 0 Å². The third kappa shape index (κ3) is 3.42. The predicted octanol–water partition coefficient (Wildman–Crippen LogP) is 3.66. The molecule has 3 rings (SSSR count). The van der Waals surface area contributed by atoms with Gasteiger partial charge < -0.3 is 4.90 Å². The molecule has 0 bridgehead atoms. The molecule has 1 fully saturated rings. The maximum atomic E-state index is 12.8. The van der Waals surface area contributed by atoms with Crippen LogP contribution in [0.4, 0.5) is 0 Å². The average molecular weight is 306 g/mol. The summed E-state index contributed by atoms with van der Waals surface area (Å²) in [6, 6.07) is 8.57. The number of benzene rings is 1. The van der Waals surface area contributed by atoms with Gasteiger partial charge in [-0.1, -0.05) is 24.3 Å². The highest BCUT2D eigenvalue weighted by atomic mass is 35.5. The fourth-order valence-electron chi connectivity index (χ4n) is 3.82. The largest absolute Gasteiger partial charge is 0.342 e. The number of hydrogen-bond donors (Lipinski definition) is 0. The van der Waals surface area contributed by atoms with Crippen LogP contribution in [0.15, 0.2) is 24.3 Å². The molecular weight excluding hydrogens is 282 g/mol. The van der Waals surface area contributed by atoms with E-state index in [1.807, 2.05) is 0 Å². The maximum Gasteiger partial charge on any atom is 0.226 e. The standard InChI is InChI=1S/C18H24ClNO/c19-10-9-14-4-3-11-20(13-14)18(21)17-8-7-15-5-1-2-6-16(15)12-17/h1-2,5-6,14,17H,3-4,7-13H2. The van der Waals surface area contributed by atoms with Crippen molar-refractivity contribution in [1.29, 1.82) is 0 Å². The number of piperidine rings is 1. The lowest BCUT2D eigenvalue weighted by molar-refractivity contribution is -0.137. The minimum Gasteiger partial charge on any atom is -0.342 e. The van der Waals surface area contributed by atoms with Crippen LogP contribution in [0, 0.1) is 11.8 Å². The van der Waals surface area contributed by atoms with Gasteiger partial charge >= 0.3 is 0 Å². The summed E-state index contributed by atoms with van der Waals surface area (Å²) < 4.78 is 0. The lowest BCUT2D eigenvalue weighted by Crippen LogP contribution is -2.44. The zero-order valence-electron chi connectivity index (χ0n) is 12.6. The fourth-order valence-corrected chi connectivity index (χ4v) is 4.13. The Morgan fingerprint density at radius 2 is 2.05 bits per heavy atom. The Bertz CT molecular complexity index is 500. The van der Waals surface area contributed by atoms with Gasteiger partial charge in [0.2, 0.25) is 5.91 Å². The molecule has 3 heteroatoms. The van der Waals surface area contributed by atoms with Gasteiger partial charge in [0.1, 0.15) is 0 Å². The van der Waals surface area contributed by atoms with E-state index in [0.717, 1.165) is 45.2 Å². The van der Waals surface area contributed by atoms with Crippen LogP contribution >= 0.6 is 11.6 Å². The van der Waals surface area contributed by atoms with Gasteiger partial charge in [-0.3, -0.25) is 4.79 Å². The minimum absolute atomic E-state index is 0.189. The first-order valence-electron chi connectivity index (χ1n) is 8.19. The molecule has 21 heavy (non-hydrogen) atoms. The first-order chi connectivity index (χ1) is 10.3. The van der Waals surface area contributed by atoms with E-state index in [-0.39, 0.29) is 5.92 Å². The molecule has 1 aliphatic carbocycles. The number of carbonyl (C=O) groups is 1. The van der Waals surface area contributed by atoms with E-state index in [1.54, 1.807) is 0 Å². The van der Waals surface area contributed by atoms with Crippen LogP contribution in [0.1, 0.15) is 36.8 Å². The van der Waals surface area contributed by atoms with Crippen LogP contribution in [-0.4, -0.2) is 29.8 Å². The van der Waals surface area contributed by atoms with Gasteiger partial charge in [0.25, 0.3) is 0 Å². The van der Waals surface area contributed by atoms with Crippen molar-refractivity contribution in [3.8, 4) is 0 Å². The van der Waals surface area contributed by atoms with Crippen molar-refractivity contribution in [2.24, 2.45) is 11.8 Å². The van der Waals surface area contributed by atoms with Crippen LogP contribution in [0.5, 0.6) is 0 Å². The fraction of sp³-hybridized carbons (Fsp3) is 0.611. The summed E-state index contributed by atoms with van der Waals surface area (Å²) in [6.45, 7) is 1.86. The summed E-state index contributed by atoms with van der Waals surface area (Å²) in [6.07, 6.45) is 6.38. The van der Waals surface area contributed by atoms with Crippen LogP contribution < -0.4 is 0 Å². The van der Waals surface area contributed by atoms with E-state index < -0.39 is 0 Å². The Labute approximate surface area is 132 Å². The number of carbonyl (C=O) groups excluding carboxylic acids is 1. The van der Waals surface area contributed by atoms with Gasteiger partial charge in [-0.05, 0) is 55.6 Å². The number of hydrogen-bond acceptors (Lipinski definition) is 1. The van der Waals surface area contributed by atoms with E-state index in [2.05, 4.69) is 29.2 Å². The first-order valence-corrected chi connectivity index (χ1v) is 8.73. The second-order valence-corrected chi connectivity index (χ2v) is 6.86. The number of amides is 1. The second kappa shape index (κ2) is 6.83. The third-order valence-electron chi connectivity index (χ3n) is 5.04. The molecule has 1 heterocycles. The van der Waals surface area contributed by atoms with E-state index >= 15 is 0 Å². The van der Waals surface area contributed by atoms with E-state index in [0.29, 0.717) is 17.7 Å². The Kier molecular flexibility index (Phi) is 4.84. The van der Waals surface area contributed by atoms with Gasteiger partial charge in [-0.15, -0.1) is 11.6 Å². The highest BCUT2D eigenvalue weighted by Crippen LogP contribution is 2.29. The summed E-state index contributed by atoms with van der Waals surface area (Å²) in [5.41, 5.74) is 2.80. The first kappa shape index (κ1) is 14.9. The van der Waals surface area contributed by atoms with Crippen molar-refractivity contribution in [2.45, 2.75) is 38.5 Å². The van der Waals surface area contributed by atoms with Gasteiger partial charge in [-0.2, -0.15) is 0 Å². The Morgan fingerprint density at radius 3 is 2.86 bits per heavy atom. The summed E-state index contributed by atoms with van der Waals surface area (Å²) in [5.74, 6) is 1.89. The van der Waals surface area contributed by atoms with E-state index in [1.165, 1.54) is 17.5 Å². The topological polar surface area (TPSA) is 20.3 Å². The zero-order chi connectivity index (χ0) is 14.7. The Hall–Kier alpha value is -1.02. The molecule has 2 unspecified atom stereocenters. The molecule has 2 aliphatic rings. The number of rotatable bonds is 3. The van der Waals surface area contributed by atoms with Crippen LogP contribution in [-0.2, 0) is 17.6 Å². The number of aryl methyl sites for hydroxylation is 1. The third-order valence-corrected chi connectivity index (χ3v) is 5.26. The predicted molar refractivity (Wildman–Crippen MR) is 86.6 cm³/mol. The number of nitrogens with zero attached hydrogens (tertiary/aromatic N) is 1. The van der Waals surface area contributed by atoms with Crippen molar-refractivity contribution in [3.63, 3.8) is 0 Å². The summed E-state index contributed by atoms with van der Waals surface area (Å²) in [4.78, 5) is 14.9. The molecule has 2 atom stereocenters. The summed E-state index contributed by atoms with van der Waals surface area (Å²) in [7, 11) is 0. The molecule has 114 valence electrons. The highest BCUT2D eigenvalue weighted by molar-refractivity contribution is 6.17. The number of fused-ring (bicyclic) bond motifs is 1. The lowest BCUT2D eigenvalue weighted by Gasteiger charge is -2.36. The van der Waals surface area contributed by atoms with E-state index in [9.17, 15) is 4.79 Å². The summed E-state index contributed by atoms with van der Waals surface area (Å²) in [5, 5.41) is 0. The van der Waals surface area contributed by atoms with Gasteiger partial charge in [0.05, 0.1) is 0 Å². The normalized spacial score (nSPS) is 25.5. The van der Waals surface area contributed by atoms with Gasteiger partial charge in [0, 0.05) is 24.9 Å². The molecule has 1 saturated heterocycles. The molecule has 0 N–H and O–H groups in total. The number of likely N-dealkylation sites (tertiary alicyclic amines) is 1. The average Bonchev–Trinajstić information content (AvgIpc) is 2.54. The smallest absolute Gasteiger partial charge is 0.226 e. The maximum absolute atomic E-state index is 12.8.